The van der Waals surface area contributed by atoms with E-state index in [-0.39, 0.29) is 29.7 Å². The Labute approximate surface area is 111 Å². The third-order valence-corrected chi connectivity index (χ3v) is 4.26. The quantitative estimate of drug-likeness (QED) is 0.820. The first-order chi connectivity index (χ1) is 9.20. The number of pyridine rings is 1. The Bertz CT molecular complexity index is 480. The molecule has 102 valence electrons. The topological polar surface area (TPSA) is 42.4 Å². The molecule has 1 aromatic rings. The highest BCUT2D eigenvalue weighted by molar-refractivity contribution is 5.95. The van der Waals surface area contributed by atoms with Crippen molar-refractivity contribution in [3.63, 3.8) is 0 Å². The fraction of sp³-hybridized carbons (Fsp3) is 0.571. The number of methoxy groups -OCH3 is 1. The van der Waals surface area contributed by atoms with Crippen LogP contribution in [0.3, 0.4) is 0 Å². The Morgan fingerprint density at radius 3 is 2.68 bits per heavy atom. The van der Waals surface area contributed by atoms with Crippen LogP contribution in [0.15, 0.2) is 18.5 Å². The van der Waals surface area contributed by atoms with Crippen molar-refractivity contribution >= 4 is 5.91 Å². The fourth-order valence-electron chi connectivity index (χ4n) is 3.34. The summed E-state index contributed by atoms with van der Waals surface area (Å²) in [4.78, 5) is 18.0. The van der Waals surface area contributed by atoms with Gasteiger partial charge in [0, 0.05) is 25.4 Å². The number of ether oxygens (including phenoxy) is 1. The first kappa shape index (κ1) is 12.5. The van der Waals surface area contributed by atoms with E-state index < -0.39 is 5.82 Å². The van der Waals surface area contributed by atoms with Crippen LogP contribution in [0, 0.1) is 5.82 Å². The van der Waals surface area contributed by atoms with E-state index in [9.17, 15) is 9.18 Å². The number of carbonyl (C=O) groups is 1. The molecule has 0 saturated carbocycles. The molecule has 4 nitrogen and oxygen atoms in total. The van der Waals surface area contributed by atoms with Crippen LogP contribution in [0.4, 0.5) is 4.39 Å². The third kappa shape index (κ3) is 2.12. The summed E-state index contributed by atoms with van der Waals surface area (Å²) in [6, 6.07) is 1.83. The van der Waals surface area contributed by atoms with Gasteiger partial charge in [0.2, 0.25) is 0 Å². The summed E-state index contributed by atoms with van der Waals surface area (Å²) in [5, 5.41) is 0. The molecule has 2 atom stereocenters. The molecule has 0 aliphatic carbocycles. The van der Waals surface area contributed by atoms with E-state index in [4.69, 9.17) is 4.74 Å². The maximum absolute atomic E-state index is 13.7. The minimum atomic E-state index is -0.541. The van der Waals surface area contributed by atoms with Crippen molar-refractivity contribution in [2.45, 2.75) is 43.9 Å². The molecule has 2 unspecified atom stereocenters. The second-order valence-electron chi connectivity index (χ2n) is 5.28. The first-order valence-corrected chi connectivity index (χ1v) is 6.65. The maximum atomic E-state index is 13.7. The van der Waals surface area contributed by atoms with Crippen molar-refractivity contribution in [2.75, 3.05) is 7.11 Å². The lowest BCUT2D eigenvalue weighted by atomic mass is 9.98. The standard InChI is InChI=1S/C14H17FN2O2/c1-19-11-6-9-2-3-10(7-11)17(9)14(18)12-4-5-16-8-13(12)15/h4-5,8-11H,2-3,6-7H2,1H3. The van der Waals surface area contributed by atoms with E-state index in [0.717, 1.165) is 31.9 Å². The predicted octanol–water partition coefficient (Wildman–Crippen LogP) is 2.00. The molecule has 2 fully saturated rings. The number of hydrogen-bond acceptors (Lipinski definition) is 3. The molecule has 0 radical (unpaired) electrons. The van der Waals surface area contributed by atoms with Gasteiger partial charge >= 0.3 is 0 Å². The van der Waals surface area contributed by atoms with Crippen LogP contribution in [-0.2, 0) is 4.74 Å². The largest absolute Gasteiger partial charge is 0.381 e. The number of fused-ring (bicyclic) bond motifs is 2. The summed E-state index contributed by atoms with van der Waals surface area (Å²) in [5.74, 6) is -0.747. The molecule has 0 N–H and O–H groups in total. The predicted molar refractivity (Wildman–Crippen MR) is 67.2 cm³/mol. The second-order valence-corrected chi connectivity index (χ2v) is 5.28. The smallest absolute Gasteiger partial charge is 0.257 e. The van der Waals surface area contributed by atoms with Crippen LogP contribution in [-0.4, -0.2) is 41.1 Å². The monoisotopic (exact) mass is 264 g/mol. The number of piperidine rings is 1. The zero-order chi connectivity index (χ0) is 13.4. The van der Waals surface area contributed by atoms with E-state index in [0.29, 0.717) is 0 Å². The number of carbonyl (C=O) groups excluding carboxylic acids is 1. The van der Waals surface area contributed by atoms with Crippen molar-refractivity contribution < 1.29 is 13.9 Å². The summed E-state index contributed by atoms with van der Waals surface area (Å²) in [7, 11) is 1.71. The van der Waals surface area contributed by atoms with Gasteiger partial charge in [0.05, 0.1) is 17.9 Å². The van der Waals surface area contributed by atoms with Gasteiger partial charge in [0.25, 0.3) is 5.91 Å². The molecule has 2 bridgehead atoms. The normalized spacial score (nSPS) is 29.6. The number of hydrogen-bond donors (Lipinski definition) is 0. The van der Waals surface area contributed by atoms with E-state index in [1.165, 1.54) is 12.3 Å². The Balaban J connectivity index is 1.84. The Kier molecular flexibility index (Phi) is 3.22. The zero-order valence-corrected chi connectivity index (χ0v) is 10.9. The number of aromatic nitrogens is 1. The molecule has 1 amide bonds. The molecule has 5 heteroatoms. The molecule has 19 heavy (non-hydrogen) atoms. The van der Waals surface area contributed by atoms with E-state index in [2.05, 4.69) is 4.98 Å². The molecular formula is C14H17FN2O2. The Morgan fingerprint density at radius 2 is 2.11 bits per heavy atom. The summed E-state index contributed by atoms with van der Waals surface area (Å²) in [6.45, 7) is 0. The SMILES string of the molecule is COC1CC2CCC(C1)N2C(=O)c1ccncc1F. The number of halogens is 1. The minimum absolute atomic E-state index is 0.128. The van der Waals surface area contributed by atoms with Crippen LogP contribution in [0.25, 0.3) is 0 Å². The van der Waals surface area contributed by atoms with Crippen molar-refractivity contribution in [3.05, 3.63) is 29.8 Å². The summed E-state index contributed by atoms with van der Waals surface area (Å²) in [6.07, 6.45) is 6.46. The molecule has 2 saturated heterocycles. The summed E-state index contributed by atoms with van der Waals surface area (Å²) in [5.41, 5.74) is 0.128. The Hall–Kier alpha value is -1.49. The third-order valence-electron chi connectivity index (χ3n) is 4.26. The molecule has 3 rings (SSSR count). The molecule has 1 aromatic heterocycles. The summed E-state index contributed by atoms with van der Waals surface area (Å²) < 4.78 is 19.1. The van der Waals surface area contributed by atoms with Crippen molar-refractivity contribution in [1.29, 1.82) is 0 Å². The van der Waals surface area contributed by atoms with Gasteiger partial charge < -0.3 is 9.64 Å². The summed E-state index contributed by atoms with van der Waals surface area (Å²) >= 11 is 0. The molecule has 0 spiro atoms. The number of rotatable bonds is 2. The van der Waals surface area contributed by atoms with Crippen molar-refractivity contribution in [1.82, 2.24) is 9.88 Å². The van der Waals surface area contributed by atoms with Crippen LogP contribution < -0.4 is 0 Å². The minimum Gasteiger partial charge on any atom is -0.381 e. The van der Waals surface area contributed by atoms with Gasteiger partial charge in [-0.15, -0.1) is 0 Å². The van der Waals surface area contributed by atoms with Crippen LogP contribution >= 0.6 is 0 Å². The lowest BCUT2D eigenvalue weighted by Crippen LogP contribution is -2.48. The molecule has 0 aromatic carbocycles. The van der Waals surface area contributed by atoms with Crippen molar-refractivity contribution in [2.24, 2.45) is 0 Å². The second kappa shape index (κ2) is 4.89. The van der Waals surface area contributed by atoms with E-state index in [1.807, 2.05) is 4.90 Å². The zero-order valence-electron chi connectivity index (χ0n) is 10.9. The highest BCUT2D eigenvalue weighted by Gasteiger charge is 2.43. The maximum Gasteiger partial charge on any atom is 0.257 e. The van der Waals surface area contributed by atoms with Gasteiger partial charge in [-0.25, -0.2) is 4.39 Å². The highest BCUT2D eigenvalue weighted by atomic mass is 19.1. The van der Waals surface area contributed by atoms with E-state index >= 15 is 0 Å². The van der Waals surface area contributed by atoms with Gasteiger partial charge in [0.15, 0.2) is 5.82 Å². The van der Waals surface area contributed by atoms with Crippen LogP contribution in [0.2, 0.25) is 0 Å². The average molecular weight is 264 g/mol. The van der Waals surface area contributed by atoms with Gasteiger partial charge in [-0.1, -0.05) is 0 Å². The van der Waals surface area contributed by atoms with Crippen LogP contribution in [0.1, 0.15) is 36.0 Å². The number of nitrogens with zero attached hydrogens (tertiary/aromatic N) is 2. The number of amides is 1. The van der Waals surface area contributed by atoms with Gasteiger partial charge in [-0.05, 0) is 31.7 Å². The van der Waals surface area contributed by atoms with Gasteiger partial charge in [-0.2, -0.15) is 0 Å². The van der Waals surface area contributed by atoms with Gasteiger partial charge in [0.1, 0.15) is 0 Å². The van der Waals surface area contributed by atoms with E-state index in [1.54, 1.807) is 7.11 Å². The lowest BCUT2D eigenvalue weighted by Gasteiger charge is -2.38. The molecule has 2 aliphatic heterocycles. The molecule has 3 heterocycles. The average Bonchev–Trinajstić information content (AvgIpc) is 2.69. The highest BCUT2D eigenvalue weighted by Crippen LogP contribution is 2.37. The lowest BCUT2D eigenvalue weighted by molar-refractivity contribution is 0.00801. The van der Waals surface area contributed by atoms with Crippen molar-refractivity contribution in [3.8, 4) is 0 Å². The fourth-order valence-corrected chi connectivity index (χ4v) is 3.34. The molecule has 2 aliphatic rings. The Morgan fingerprint density at radius 1 is 1.42 bits per heavy atom. The van der Waals surface area contributed by atoms with Gasteiger partial charge in [-0.3, -0.25) is 9.78 Å². The molecular weight excluding hydrogens is 247 g/mol. The first-order valence-electron chi connectivity index (χ1n) is 6.65. The van der Waals surface area contributed by atoms with Crippen LogP contribution in [0.5, 0.6) is 0 Å².